The summed E-state index contributed by atoms with van der Waals surface area (Å²) < 4.78 is 25.3. The molecule has 4 nitrogen and oxygen atoms in total. The Labute approximate surface area is 84.4 Å². The zero-order valence-electron chi connectivity index (χ0n) is 8.32. The number of anilines is 1. The molecule has 0 aromatic carbocycles. The van der Waals surface area contributed by atoms with E-state index in [9.17, 15) is 8.42 Å². The second kappa shape index (κ2) is 4.41. The lowest BCUT2D eigenvalue weighted by atomic mass is 10.3. The molecule has 78 valence electrons. The van der Waals surface area contributed by atoms with Gasteiger partial charge in [0.1, 0.15) is 0 Å². The summed E-state index contributed by atoms with van der Waals surface area (Å²) >= 11 is 0. The SMILES string of the molecule is CCCS(=O)(=O)Nc1cccnc1C. The van der Waals surface area contributed by atoms with Gasteiger partial charge in [0.25, 0.3) is 0 Å². The maximum absolute atomic E-state index is 11.4. The van der Waals surface area contributed by atoms with Gasteiger partial charge in [0, 0.05) is 6.20 Å². The van der Waals surface area contributed by atoms with Crippen LogP contribution in [0, 0.1) is 6.92 Å². The van der Waals surface area contributed by atoms with E-state index in [1.165, 1.54) is 0 Å². The fourth-order valence-corrected chi connectivity index (χ4v) is 2.27. The Kier molecular flexibility index (Phi) is 3.46. The molecule has 0 saturated heterocycles. The fraction of sp³-hybridized carbons (Fsp3) is 0.444. The van der Waals surface area contributed by atoms with Crippen LogP contribution in [0.3, 0.4) is 0 Å². The number of hydrogen-bond acceptors (Lipinski definition) is 3. The molecule has 0 atom stereocenters. The Balaban J connectivity index is 2.84. The summed E-state index contributed by atoms with van der Waals surface area (Å²) in [6.45, 7) is 3.60. The topological polar surface area (TPSA) is 59.1 Å². The molecule has 0 unspecified atom stereocenters. The molecule has 0 spiro atoms. The number of aryl methyl sites for hydroxylation is 1. The van der Waals surface area contributed by atoms with Crippen molar-refractivity contribution in [1.29, 1.82) is 0 Å². The van der Waals surface area contributed by atoms with Gasteiger partial charge in [-0.3, -0.25) is 9.71 Å². The molecule has 1 rings (SSSR count). The lowest BCUT2D eigenvalue weighted by molar-refractivity contribution is 0.600. The molecule has 1 aromatic heterocycles. The molecule has 0 aliphatic rings. The van der Waals surface area contributed by atoms with Crippen LogP contribution in [0.5, 0.6) is 0 Å². The summed E-state index contributed by atoms with van der Waals surface area (Å²) in [5.41, 5.74) is 1.24. The number of pyridine rings is 1. The van der Waals surface area contributed by atoms with Gasteiger partial charge in [0.2, 0.25) is 10.0 Å². The van der Waals surface area contributed by atoms with Crippen LogP contribution in [0.15, 0.2) is 18.3 Å². The highest BCUT2D eigenvalue weighted by molar-refractivity contribution is 7.92. The second-order valence-corrected chi connectivity index (χ2v) is 4.90. The van der Waals surface area contributed by atoms with Crippen molar-refractivity contribution >= 4 is 15.7 Å². The van der Waals surface area contributed by atoms with Crippen molar-refractivity contribution < 1.29 is 8.42 Å². The first-order valence-electron chi connectivity index (χ1n) is 4.47. The first kappa shape index (κ1) is 11.0. The van der Waals surface area contributed by atoms with E-state index >= 15 is 0 Å². The van der Waals surface area contributed by atoms with Gasteiger partial charge < -0.3 is 0 Å². The molecule has 1 N–H and O–H groups in total. The monoisotopic (exact) mass is 214 g/mol. The average Bonchev–Trinajstić information content (AvgIpc) is 2.08. The number of aromatic nitrogens is 1. The van der Waals surface area contributed by atoms with E-state index in [4.69, 9.17) is 0 Å². The maximum atomic E-state index is 11.4. The molecule has 0 fully saturated rings. The normalized spacial score (nSPS) is 11.3. The average molecular weight is 214 g/mol. The number of rotatable bonds is 4. The molecule has 1 heterocycles. The summed E-state index contributed by atoms with van der Waals surface area (Å²) in [6.07, 6.45) is 2.24. The zero-order chi connectivity index (χ0) is 10.6. The summed E-state index contributed by atoms with van der Waals surface area (Å²) in [4.78, 5) is 4.00. The molecule has 0 bridgehead atoms. The zero-order valence-corrected chi connectivity index (χ0v) is 9.13. The van der Waals surface area contributed by atoms with E-state index in [1.807, 2.05) is 6.92 Å². The predicted octanol–water partition coefficient (Wildman–Crippen LogP) is 1.54. The molecule has 1 aromatic rings. The van der Waals surface area contributed by atoms with Gasteiger partial charge in [-0.1, -0.05) is 6.92 Å². The van der Waals surface area contributed by atoms with Crippen molar-refractivity contribution in [2.75, 3.05) is 10.5 Å². The first-order chi connectivity index (χ1) is 6.55. The van der Waals surface area contributed by atoms with E-state index < -0.39 is 10.0 Å². The molecule has 5 heteroatoms. The van der Waals surface area contributed by atoms with Crippen LogP contribution in [-0.2, 0) is 10.0 Å². The second-order valence-electron chi connectivity index (χ2n) is 3.06. The van der Waals surface area contributed by atoms with Crippen molar-refractivity contribution in [3.05, 3.63) is 24.0 Å². The number of sulfonamides is 1. The summed E-state index contributed by atoms with van der Waals surface area (Å²) in [5.74, 6) is 0.140. The van der Waals surface area contributed by atoms with Crippen molar-refractivity contribution in [1.82, 2.24) is 4.98 Å². The van der Waals surface area contributed by atoms with E-state index in [0.717, 1.165) is 0 Å². The highest BCUT2D eigenvalue weighted by Gasteiger charge is 2.09. The summed E-state index contributed by atoms with van der Waals surface area (Å²) in [6, 6.07) is 3.41. The van der Waals surface area contributed by atoms with E-state index in [-0.39, 0.29) is 5.75 Å². The number of nitrogens with zero attached hydrogens (tertiary/aromatic N) is 1. The molecule has 0 aliphatic carbocycles. The number of nitrogens with one attached hydrogen (secondary N) is 1. The van der Waals surface area contributed by atoms with Crippen LogP contribution in [0.4, 0.5) is 5.69 Å². The third kappa shape index (κ3) is 2.99. The van der Waals surface area contributed by atoms with Gasteiger partial charge in [-0.2, -0.15) is 0 Å². The van der Waals surface area contributed by atoms with Crippen molar-refractivity contribution in [2.24, 2.45) is 0 Å². The molecule has 0 saturated carbocycles. The Hall–Kier alpha value is -1.10. The molecular formula is C9H14N2O2S. The Morgan fingerprint density at radius 2 is 2.21 bits per heavy atom. The minimum atomic E-state index is -3.20. The summed E-state index contributed by atoms with van der Waals surface area (Å²) in [7, 11) is -3.20. The van der Waals surface area contributed by atoms with E-state index in [0.29, 0.717) is 17.8 Å². The highest BCUT2D eigenvalue weighted by atomic mass is 32.2. The first-order valence-corrected chi connectivity index (χ1v) is 6.12. The van der Waals surface area contributed by atoms with Gasteiger partial charge in [0.05, 0.1) is 17.1 Å². The van der Waals surface area contributed by atoms with Gasteiger partial charge in [-0.15, -0.1) is 0 Å². The van der Waals surface area contributed by atoms with Crippen molar-refractivity contribution in [2.45, 2.75) is 20.3 Å². The summed E-state index contributed by atoms with van der Waals surface area (Å²) in [5, 5.41) is 0. The molecular weight excluding hydrogens is 200 g/mol. The highest BCUT2D eigenvalue weighted by Crippen LogP contribution is 2.12. The molecule has 0 radical (unpaired) electrons. The van der Waals surface area contributed by atoms with Crippen LogP contribution in [0.25, 0.3) is 0 Å². The Morgan fingerprint density at radius 3 is 2.79 bits per heavy atom. The Morgan fingerprint density at radius 1 is 1.50 bits per heavy atom. The van der Waals surface area contributed by atoms with Crippen LogP contribution >= 0.6 is 0 Å². The van der Waals surface area contributed by atoms with Gasteiger partial charge in [-0.05, 0) is 25.5 Å². The van der Waals surface area contributed by atoms with Gasteiger partial charge >= 0.3 is 0 Å². The lowest BCUT2D eigenvalue weighted by Gasteiger charge is -2.08. The Bertz CT molecular complexity index is 401. The fourth-order valence-electron chi connectivity index (χ4n) is 1.08. The van der Waals surface area contributed by atoms with Crippen LogP contribution in [-0.4, -0.2) is 19.2 Å². The molecule has 14 heavy (non-hydrogen) atoms. The van der Waals surface area contributed by atoms with Crippen LogP contribution in [0.2, 0.25) is 0 Å². The van der Waals surface area contributed by atoms with Gasteiger partial charge in [-0.25, -0.2) is 8.42 Å². The van der Waals surface area contributed by atoms with E-state index in [1.54, 1.807) is 25.3 Å². The molecule has 0 aliphatic heterocycles. The lowest BCUT2D eigenvalue weighted by Crippen LogP contribution is -2.16. The largest absolute Gasteiger partial charge is 0.282 e. The number of hydrogen-bond donors (Lipinski definition) is 1. The quantitative estimate of drug-likeness (QED) is 0.827. The third-order valence-electron chi connectivity index (χ3n) is 1.75. The minimum absolute atomic E-state index is 0.140. The minimum Gasteiger partial charge on any atom is -0.282 e. The van der Waals surface area contributed by atoms with Crippen molar-refractivity contribution in [3.63, 3.8) is 0 Å². The smallest absolute Gasteiger partial charge is 0.232 e. The van der Waals surface area contributed by atoms with Crippen molar-refractivity contribution in [3.8, 4) is 0 Å². The maximum Gasteiger partial charge on any atom is 0.232 e. The van der Waals surface area contributed by atoms with E-state index in [2.05, 4.69) is 9.71 Å². The molecule has 0 amide bonds. The third-order valence-corrected chi connectivity index (χ3v) is 3.22. The van der Waals surface area contributed by atoms with Crippen LogP contribution < -0.4 is 4.72 Å². The van der Waals surface area contributed by atoms with Crippen LogP contribution in [0.1, 0.15) is 19.0 Å². The van der Waals surface area contributed by atoms with Gasteiger partial charge in [0.15, 0.2) is 0 Å². The predicted molar refractivity (Wildman–Crippen MR) is 56.7 cm³/mol. The standard InChI is InChI=1S/C9H14N2O2S/c1-3-7-14(12,13)11-9-5-4-6-10-8(9)2/h4-6,11H,3,7H2,1-2H3.